The summed E-state index contributed by atoms with van der Waals surface area (Å²) < 4.78 is 16.2. The molecule has 0 aliphatic carbocycles. The number of rotatable bonds is 6. The average molecular weight is 507 g/mol. The molecule has 1 unspecified atom stereocenters. The molecule has 3 aromatic rings. The Labute approximate surface area is 219 Å². The van der Waals surface area contributed by atoms with Gasteiger partial charge >= 0.3 is 11.9 Å². The molecule has 0 amide bonds. The van der Waals surface area contributed by atoms with Gasteiger partial charge in [-0.05, 0) is 42.0 Å². The van der Waals surface area contributed by atoms with Crippen LogP contribution in [-0.2, 0) is 19.1 Å². The summed E-state index contributed by atoms with van der Waals surface area (Å²) in [6.07, 6.45) is 0. The van der Waals surface area contributed by atoms with Gasteiger partial charge in [0.15, 0.2) is 5.75 Å². The molecule has 0 fully saturated rings. The third-order valence-electron chi connectivity index (χ3n) is 5.93. The van der Waals surface area contributed by atoms with Crippen LogP contribution in [0.2, 0.25) is 0 Å². The molecule has 1 aliphatic heterocycles. The molecule has 0 bridgehead atoms. The van der Waals surface area contributed by atoms with Gasteiger partial charge in [-0.25, -0.2) is 9.59 Å². The van der Waals surface area contributed by atoms with Crippen molar-refractivity contribution in [2.45, 2.75) is 5.92 Å². The zero-order valence-corrected chi connectivity index (χ0v) is 20.5. The smallest absolute Gasteiger partial charge is 0.355 e. The van der Waals surface area contributed by atoms with Gasteiger partial charge in [-0.15, -0.1) is 0 Å². The van der Waals surface area contributed by atoms with Gasteiger partial charge in [-0.2, -0.15) is 10.5 Å². The minimum absolute atomic E-state index is 0.0393. The van der Waals surface area contributed by atoms with Crippen LogP contribution >= 0.6 is 0 Å². The summed E-state index contributed by atoms with van der Waals surface area (Å²) in [6.45, 7) is 0. The highest BCUT2D eigenvalue weighted by atomic mass is 16.5. The summed E-state index contributed by atoms with van der Waals surface area (Å²) >= 11 is 0. The van der Waals surface area contributed by atoms with Gasteiger partial charge in [0.25, 0.3) is 0 Å². The second kappa shape index (κ2) is 11.0. The molecule has 0 saturated carbocycles. The van der Waals surface area contributed by atoms with Crippen LogP contribution in [0.4, 0.5) is 5.69 Å². The summed E-state index contributed by atoms with van der Waals surface area (Å²) in [5.74, 6) is -2.07. The minimum atomic E-state index is -0.981. The van der Waals surface area contributed by atoms with Crippen molar-refractivity contribution in [1.29, 1.82) is 10.5 Å². The first kappa shape index (κ1) is 25.5. The fraction of sp³-hybridized carbons (Fsp3) is 0.103. The van der Waals surface area contributed by atoms with Crippen LogP contribution in [0.15, 0.2) is 102 Å². The SMILES string of the molecule is COC(=O)C1=C(C(=O)OC)N(c2ccccc2Oc2ccc(C#N)cc2)C(N)=C(C#N)C1c1ccccc1. The highest BCUT2D eigenvalue weighted by molar-refractivity contribution is 6.06. The summed E-state index contributed by atoms with van der Waals surface area (Å²) in [6, 6.07) is 26.0. The Bertz CT molecular complexity index is 1530. The molecular weight excluding hydrogens is 484 g/mol. The lowest BCUT2D eigenvalue weighted by Crippen LogP contribution is -2.40. The van der Waals surface area contributed by atoms with Crippen LogP contribution in [0.25, 0.3) is 0 Å². The zero-order chi connectivity index (χ0) is 27.2. The first-order valence-electron chi connectivity index (χ1n) is 11.4. The number of esters is 2. The summed E-state index contributed by atoms with van der Waals surface area (Å²) in [5.41, 5.74) is 7.60. The number of para-hydroxylation sites is 2. The fourth-order valence-corrected chi connectivity index (χ4v) is 4.22. The number of methoxy groups -OCH3 is 2. The number of carbonyl (C=O) groups is 2. The van der Waals surface area contributed by atoms with E-state index < -0.39 is 17.9 Å². The molecule has 0 spiro atoms. The first-order valence-corrected chi connectivity index (χ1v) is 11.4. The molecule has 9 nitrogen and oxygen atoms in total. The van der Waals surface area contributed by atoms with Gasteiger partial charge in [-0.1, -0.05) is 42.5 Å². The Hall–Kier alpha value is -5.54. The van der Waals surface area contributed by atoms with Crippen LogP contribution in [0, 0.1) is 22.7 Å². The standard InChI is InChI=1S/C29H22N4O5/c1-36-28(34)25-24(19-8-4-3-5-9-19)21(17-31)27(32)33(26(25)29(35)37-2)22-10-6-7-11-23(22)38-20-14-12-18(16-30)13-15-20/h3-15,24H,32H2,1-2H3. The highest BCUT2D eigenvalue weighted by Crippen LogP contribution is 2.45. The number of ether oxygens (including phenoxy) is 3. The molecule has 0 radical (unpaired) electrons. The number of hydrogen-bond donors (Lipinski definition) is 1. The van der Waals surface area contributed by atoms with Crippen molar-refractivity contribution in [1.82, 2.24) is 0 Å². The lowest BCUT2D eigenvalue weighted by Gasteiger charge is -2.36. The maximum atomic E-state index is 13.3. The molecule has 1 aliphatic rings. The Morgan fingerprint density at radius 2 is 1.47 bits per heavy atom. The van der Waals surface area contributed by atoms with E-state index in [-0.39, 0.29) is 34.1 Å². The molecule has 188 valence electrons. The van der Waals surface area contributed by atoms with Crippen molar-refractivity contribution in [2.24, 2.45) is 5.73 Å². The van der Waals surface area contributed by atoms with Gasteiger partial charge in [0, 0.05) is 0 Å². The van der Waals surface area contributed by atoms with Crippen LogP contribution in [0.5, 0.6) is 11.5 Å². The molecule has 0 saturated heterocycles. The maximum Gasteiger partial charge on any atom is 0.355 e. The van der Waals surface area contributed by atoms with Crippen molar-refractivity contribution in [2.75, 3.05) is 19.1 Å². The van der Waals surface area contributed by atoms with Crippen LogP contribution in [-0.4, -0.2) is 26.2 Å². The van der Waals surface area contributed by atoms with Crippen molar-refractivity contribution < 1.29 is 23.8 Å². The number of hydrogen-bond acceptors (Lipinski definition) is 9. The number of nitrogens with two attached hydrogens (primary N) is 1. The molecular formula is C29H22N4O5. The van der Waals surface area contributed by atoms with E-state index in [9.17, 15) is 14.9 Å². The number of benzene rings is 3. The van der Waals surface area contributed by atoms with Gasteiger partial charge in [0.1, 0.15) is 17.3 Å². The van der Waals surface area contributed by atoms with Crippen LogP contribution in [0.1, 0.15) is 17.0 Å². The van der Waals surface area contributed by atoms with Crippen molar-refractivity contribution in [3.8, 4) is 23.6 Å². The summed E-state index contributed by atoms with van der Waals surface area (Å²) in [4.78, 5) is 27.8. The average Bonchev–Trinajstić information content (AvgIpc) is 2.97. The fourth-order valence-electron chi connectivity index (χ4n) is 4.22. The molecule has 9 heteroatoms. The largest absolute Gasteiger partial charge is 0.466 e. The molecule has 1 heterocycles. The van der Waals surface area contributed by atoms with E-state index in [0.717, 1.165) is 0 Å². The van der Waals surface area contributed by atoms with E-state index in [1.54, 1.807) is 78.9 Å². The van der Waals surface area contributed by atoms with E-state index in [2.05, 4.69) is 6.07 Å². The van der Waals surface area contributed by atoms with Gasteiger partial charge in [-0.3, -0.25) is 4.90 Å². The van der Waals surface area contributed by atoms with Gasteiger partial charge in [0.2, 0.25) is 0 Å². The normalized spacial score (nSPS) is 14.8. The molecule has 1 atom stereocenters. The molecule has 2 N–H and O–H groups in total. The third kappa shape index (κ3) is 4.64. The maximum absolute atomic E-state index is 13.3. The van der Waals surface area contributed by atoms with Crippen molar-refractivity contribution in [3.63, 3.8) is 0 Å². The Balaban J connectivity index is 1.98. The Morgan fingerprint density at radius 3 is 2.08 bits per heavy atom. The molecule has 0 aromatic heterocycles. The third-order valence-corrected chi connectivity index (χ3v) is 5.93. The Kier molecular flexibility index (Phi) is 7.41. The number of nitrogens with zero attached hydrogens (tertiary/aromatic N) is 3. The van der Waals surface area contributed by atoms with Crippen LogP contribution < -0.4 is 15.4 Å². The number of nitriles is 2. The topological polar surface area (TPSA) is 139 Å². The van der Waals surface area contributed by atoms with Gasteiger partial charge < -0.3 is 19.9 Å². The molecule has 3 aromatic carbocycles. The lowest BCUT2D eigenvalue weighted by molar-refractivity contribution is -0.139. The van der Waals surface area contributed by atoms with E-state index in [4.69, 9.17) is 25.2 Å². The van der Waals surface area contributed by atoms with E-state index in [1.807, 2.05) is 6.07 Å². The minimum Gasteiger partial charge on any atom is -0.466 e. The Morgan fingerprint density at radius 1 is 0.842 bits per heavy atom. The summed E-state index contributed by atoms with van der Waals surface area (Å²) in [5, 5.41) is 19.3. The highest BCUT2D eigenvalue weighted by Gasteiger charge is 2.43. The second-order valence-electron chi connectivity index (χ2n) is 8.04. The quantitative estimate of drug-likeness (QED) is 0.486. The predicted molar refractivity (Wildman–Crippen MR) is 137 cm³/mol. The molecule has 4 rings (SSSR count). The number of anilines is 1. The zero-order valence-electron chi connectivity index (χ0n) is 20.5. The first-order chi connectivity index (χ1) is 18.4. The van der Waals surface area contributed by atoms with Crippen molar-refractivity contribution >= 4 is 17.6 Å². The second-order valence-corrected chi connectivity index (χ2v) is 8.04. The van der Waals surface area contributed by atoms with Crippen LogP contribution in [0.3, 0.4) is 0 Å². The lowest BCUT2D eigenvalue weighted by atomic mass is 9.81. The monoisotopic (exact) mass is 506 g/mol. The predicted octanol–water partition coefficient (Wildman–Crippen LogP) is 4.25. The van der Waals surface area contributed by atoms with Gasteiger partial charge in [0.05, 0.1) is 54.7 Å². The number of carbonyl (C=O) groups excluding carboxylic acids is 2. The van der Waals surface area contributed by atoms with E-state index in [0.29, 0.717) is 16.9 Å². The van der Waals surface area contributed by atoms with E-state index >= 15 is 0 Å². The van der Waals surface area contributed by atoms with E-state index in [1.165, 1.54) is 19.1 Å². The summed E-state index contributed by atoms with van der Waals surface area (Å²) in [7, 11) is 2.37. The number of allylic oxidation sites excluding steroid dienone is 1. The van der Waals surface area contributed by atoms with Crippen molar-refractivity contribution in [3.05, 3.63) is 113 Å². The molecule has 38 heavy (non-hydrogen) atoms.